The van der Waals surface area contributed by atoms with Crippen LogP contribution in [0, 0.1) is 23.7 Å². The highest BCUT2D eigenvalue weighted by molar-refractivity contribution is 7.22. The molecule has 1 N–H and O–H groups in total. The molecule has 0 saturated heterocycles. The van der Waals surface area contributed by atoms with Gasteiger partial charge < -0.3 is 15.2 Å². The third-order valence-electron chi connectivity index (χ3n) is 5.02. The molecule has 1 aromatic carbocycles. The lowest BCUT2D eigenvalue weighted by molar-refractivity contribution is -0.314. The lowest BCUT2D eigenvalue weighted by Gasteiger charge is -2.30. The van der Waals surface area contributed by atoms with E-state index in [1.54, 1.807) is 0 Å². The van der Waals surface area contributed by atoms with Crippen molar-refractivity contribution in [3.05, 3.63) is 24.3 Å². The molecule has 2 aliphatic carbocycles. The summed E-state index contributed by atoms with van der Waals surface area (Å²) in [6.45, 7) is 0. The lowest BCUT2D eigenvalue weighted by Crippen LogP contribution is -2.43. The number of nitrogens with zero attached hydrogens (tertiary/aromatic N) is 1. The molecule has 0 unspecified atom stereocenters. The molecule has 0 spiro atoms. The zero-order valence-corrected chi connectivity index (χ0v) is 12.6. The minimum atomic E-state index is -1.09. The number of carbonyl (C=O) groups is 2. The van der Waals surface area contributed by atoms with Crippen LogP contribution in [-0.2, 0) is 9.59 Å². The van der Waals surface area contributed by atoms with Crippen LogP contribution in [-0.4, -0.2) is 16.9 Å². The smallest absolute Gasteiger partial charge is 0.230 e. The van der Waals surface area contributed by atoms with Crippen LogP contribution in [0.1, 0.15) is 19.3 Å². The molecule has 2 fully saturated rings. The molecule has 1 amide bonds. The van der Waals surface area contributed by atoms with Crippen LogP contribution in [0.2, 0.25) is 0 Å². The van der Waals surface area contributed by atoms with E-state index in [2.05, 4.69) is 10.3 Å². The van der Waals surface area contributed by atoms with Crippen molar-refractivity contribution in [3.63, 3.8) is 0 Å². The number of rotatable bonds is 3. The van der Waals surface area contributed by atoms with Gasteiger partial charge in [-0.1, -0.05) is 23.5 Å². The Hall–Kier alpha value is -1.95. The number of para-hydroxylation sites is 1. The van der Waals surface area contributed by atoms with Crippen molar-refractivity contribution in [2.24, 2.45) is 23.7 Å². The average Bonchev–Trinajstić information content (AvgIpc) is 3.19. The minimum absolute atomic E-state index is 0.0983. The van der Waals surface area contributed by atoms with Crippen LogP contribution in [0.15, 0.2) is 24.3 Å². The summed E-state index contributed by atoms with van der Waals surface area (Å²) in [7, 11) is 0. The molecular weight excluding hydrogens is 300 g/mol. The third-order valence-corrected chi connectivity index (χ3v) is 5.97. The number of carbonyl (C=O) groups excluding carboxylic acids is 2. The number of carboxylic acid groups (broad SMARTS) is 1. The zero-order valence-electron chi connectivity index (χ0n) is 11.8. The van der Waals surface area contributed by atoms with E-state index in [0.717, 1.165) is 29.5 Å². The van der Waals surface area contributed by atoms with Crippen molar-refractivity contribution < 1.29 is 14.7 Å². The first-order valence-corrected chi connectivity index (χ1v) is 8.32. The second-order valence-electron chi connectivity index (χ2n) is 6.18. The molecule has 0 radical (unpaired) electrons. The number of carboxylic acids is 1. The first kappa shape index (κ1) is 13.7. The Labute approximate surface area is 131 Å². The first-order valence-electron chi connectivity index (χ1n) is 7.51. The van der Waals surface area contributed by atoms with Gasteiger partial charge in [0.15, 0.2) is 5.13 Å². The fourth-order valence-corrected chi connectivity index (χ4v) is 4.99. The number of aromatic nitrogens is 1. The predicted octanol–water partition coefficient (Wildman–Crippen LogP) is 1.65. The van der Waals surface area contributed by atoms with E-state index in [1.807, 2.05) is 24.3 Å². The molecule has 2 bridgehead atoms. The predicted molar refractivity (Wildman–Crippen MR) is 81.1 cm³/mol. The van der Waals surface area contributed by atoms with Gasteiger partial charge in [-0.15, -0.1) is 0 Å². The Kier molecular flexibility index (Phi) is 3.14. The van der Waals surface area contributed by atoms with Gasteiger partial charge in [-0.2, -0.15) is 0 Å². The topological polar surface area (TPSA) is 82.1 Å². The fraction of sp³-hybridized carbons (Fsp3) is 0.438. The van der Waals surface area contributed by atoms with Crippen LogP contribution in [0.25, 0.3) is 10.2 Å². The molecule has 22 heavy (non-hydrogen) atoms. The van der Waals surface area contributed by atoms with Gasteiger partial charge >= 0.3 is 0 Å². The average molecular weight is 315 g/mol. The highest BCUT2D eigenvalue weighted by Gasteiger charge is 2.51. The number of anilines is 1. The summed E-state index contributed by atoms with van der Waals surface area (Å²) < 4.78 is 1.00. The van der Waals surface area contributed by atoms with E-state index in [9.17, 15) is 14.7 Å². The van der Waals surface area contributed by atoms with Crippen LogP contribution >= 0.6 is 11.3 Å². The molecule has 2 aromatic rings. The summed E-state index contributed by atoms with van der Waals surface area (Å²) in [5.74, 6) is -2.16. The summed E-state index contributed by atoms with van der Waals surface area (Å²) in [5.41, 5.74) is 0.840. The van der Waals surface area contributed by atoms with Crippen LogP contribution in [0.3, 0.4) is 0 Å². The number of fused-ring (bicyclic) bond motifs is 3. The Balaban J connectivity index is 1.57. The second-order valence-corrected chi connectivity index (χ2v) is 7.21. The van der Waals surface area contributed by atoms with Gasteiger partial charge in [-0.05, 0) is 43.2 Å². The van der Waals surface area contributed by atoms with Crippen LogP contribution in [0.5, 0.6) is 0 Å². The number of nitrogens with one attached hydrogen (secondary N) is 1. The number of amides is 1. The van der Waals surface area contributed by atoms with E-state index in [4.69, 9.17) is 0 Å². The van der Waals surface area contributed by atoms with Gasteiger partial charge in [0.25, 0.3) is 0 Å². The molecule has 6 heteroatoms. The maximum atomic E-state index is 12.6. The first-order chi connectivity index (χ1) is 10.6. The van der Waals surface area contributed by atoms with Gasteiger partial charge in [0.05, 0.1) is 10.2 Å². The van der Waals surface area contributed by atoms with E-state index in [0.29, 0.717) is 5.13 Å². The SMILES string of the molecule is O=C([O-])[C@H]1[C@H]2CC[C@H](C2)[C@@H]1C(=O)Nc1nc2ccccc2s1. The maximum absolute atomic E-state index is 12.6. The minimum Gasteiger partial charge on any atom is -0.550 e. The molecule has 114 valence electrons. The van der Waals surface area contributed by atoms with Crippen molar-refractivity contribution in [1.82, 2.24) is 4.98 Å². The van der Waals surface area contributed by atoms with E-state index in [-0.39, 0.29) is 17.7 Å². The number of hydrogen-bond acceptors (Lipinski definition) is 5. The standard InChI is InChI=1S/C16H16N2O3S/c19-14(12-8-5-6-9(7-8)13(12)15(20)21)18-16-17-10-3-1-2-4-11(10)22-16/h1-4,8-9,12-13H,5-7H2,(H,20,21)(H,17,18,19)/p-1/t8-,9+,12+,13+/m1/s1. The van der Waals surface area contributed by atoms with E-state index in [1.165, 1.54) is 11.3 Å². The summed E-state index contributed by atoms with van der Waals surface area (Å²) in [6, 6.07) is 7.66. The molecule has 1 aromatic heterocycles. The van der Waals surface area contributed by atoms with Gasteiger partial charge in [-0.3, -0.25) is 4.79 Å². The number of benzene rings is 1. The fourth-order valence-electron chi connectivity index (χ4n) is 4.12. The van der Waals surface area contributed by atoms with E-state index >= 15 is 0 Å². The summed E-state index contributed by atoms with van der Waals surface area (Å²) in [5, 5.41) is 14.7. The van der Waals surface area contributed by atoms with Gasteiger partial charge in [0.2, 0.25) is 5.91 Å². The van der Waals surface area contributed by atoms with Crippen molar-refractivity contribution in [2.75, 3.05) is 5.32 Å². The van der Waals surface area contributed by atoms with Gasteiger partial charge in [0, 0.05) is 17.8 Å². The summed E-state index contributed by atoms with van der Waals surface area (Å²) in [6.07, 6.45) is 2.66. The highest BCUT2D eigenvalue weighted by Crippen LogP contribution is 2.52. The number of aliphatic carboxylic acids is 1. The van der Waals surface area contributed by atoms with Gasteiger partial charge in [-0.25, -0.2) is 4.98 Å². The van der Waals surface area contributed by atoms with Crippen LogP contribution in [0.4, 0.5) is 5.13 Å². The number of thiazole rings is 1. The van der Waals surface area contributed by atoms with Crippen molar-refractivity contribution in [1.29, 1.82) is 0 Å². The van der Waals surface area contributed by atoms with Gasteiger partial charge in [0.1, 0.15) is 0 Å². The molecule has 4 rings (SSSR count). The second kappa shape index (κ2) is 5.05. The quantitative estimate of drug-likeness (QED) is 0.933. The van der Waals surface area contributed by atoms with E-state index < -0.39 is 17.8 Å². The van der Waals surface area contributed by atoms with Crippen molar-refractivity contribution in [3.8, 4) is 0 Å². The largest absolute Gasteiger partial charge is 0.550 e. The molecule has 2 saturated carbocycles. The third kappa shape index (κ3) is 2.09. The molecule has 4 atom stereocenters. The Morgan fingerprint density at radius 3 is 2.64 bits per heavy atom. The molecule has 0 aliphatic heterocycles. The Morgan fingerprint density at radius 2 is 1.91 bits per heavy atom. The Bertz CT molecular complexity index is 724. The van der Waals surface area contributed by atoms with Crippen molar-refractivity contribution in [2.45, 2.75) is 19.3 Å². The summed E-state index contributed by atoms with van der Waals surface area (Å²) >= 11 is 1.41. The molecular formula is C16H15N2O3S-. The molecule has 1 heterocycles. The maximum Gasteiger partial charge on any atom is 0.230 e. The summed E-state index contributed by atoms with van der Waals surface area (Å²) in [4.78, 5) is 28.3. The molecule has 5 nitrogen and oxygen atoms in total. The van der Waals surface area contributed by atoms with Crippen molar-refractivity contribution >= 4 is 38.6 Å². The number of hydrogen-bond donors (Lipinski definition) is 1. The zero-order chi connectivity index (χ0) is 15.3. The Morgan fingerprint density at radius 1 is 1.18 bits per heavy atom. The highest BCUT2D eigenvalue weighted by atomic mass is 32.1. The monoisotopic (exact) mass is 315 g/mol. The lowest BCUT2D eigenvalue weighted by atomic mass is 9.79. The normalized spacial score (nSPS) is 29.8. The molecule has 2 aliphatic rings. The van der Waals surface area contributed by atoms with Crippen LogP contribution < -0.4 is 10.4 Å².